The summed E-state index contributed by atoms with van der Waals surface area (Å²) in [4.78, 5) is 46.5. The summed E-state index contributed by atoms with van der Waals surface area (Å²) in [5, 5.41) is 13.7. The van der Waals surface area contributed by atoms with Gasteiger partial charge in [-0.25, -0.2) is 4.79 Å². The summed E-state index contributed by atoms with van der Waals surface area (Å²) in [5.41, 5.74) is 1.48. The number of carbonyl (C=O) groups is 3. The van der Waals surface area contributed by atoms with Gasteiger partial charge < -0.3 is 25.4 Å². The summed E-state index contributed by atoms with van der Waals surface area (Å²) in [6, 6.07) is 16.7. The number of aliphatic carboxylic acids is 1. The highest BCUT2D eigenvalue weighted by Crippen LogP contribution is 2.48. The molecule has 1 unspecified atom stereocenters. The van der Waals surface area contributed by atoms with E-state index in [1.54, 1.807) is 54.6 Å². The lowest BCUT2D eigenvalue weighted by Gasteiger charge is -2.26. The van der Waals surface area contributed by atoms with Crippen molar-refractivity contribution in [3.05, 3.63) is 71.8 Å². The zero-order valence-corrected chi connectivity index (χ0v) is 19.4. The zero-order valence-electron chi connectivity index (χ0n) is 18.5. The van der Waals surface area contributed by atoms with Crippen LogP contribution in [0.15, 0.2) is 60.7 Å². The second kappa shape index (κ2) is 12.2. The number of carboxylic acid groups (broad SMARTS) is 1. The minimum absolute atomic E-state index is 0.00759. The molecule has 2 amide bonds. The Kier molecular flexibility index (Phi) is 9.63. The summed E-state index contributed by atoms with van der Waals surface area (Å²) < 4.78 is 18.4. The van der Waals surface area contributed by atoms with Crippen molar-refractivity contribution < 1.29 is 33.7 Å². The van der Waals surface area contributed by atoms with Gasteiger partial charge in [0.2, 0.25) is 13.3 Å². The Bertz CT molecular complexity index is 985. The van der Waals surface area contributed by atoms with Crippen LogP contribution in [0.3, 0.4) is 0 Å². The number of rotatable bonds is 11. The number of ether oxygens (including phenoxy) is 1. The summed E-state index contributed by atoms with van der Waals surface area (Å²) in [6.07, 6.45) is -1.25. The van der Waals surface area contributed by atoms with Crippen LogP contribution in [-0.4, -0.2) is 46.0 Å². The van der Waals surface area contributed by atoms with E-state index in [0.29, 0.717) is 0 Å². The van der Waals surface area contributed by atoms with Gasteiger partial charge in [0.25, 0.3) is 0 Å². The van der Waals surface area contributed by atoms with E-state index in [2.05, 4.69) is 10.6 Å². The van der Waals surface area contributed by atoms with E-state index in [1.165, 1.54) is 13.8 Å². The second-order valence-electron chi connectivity index (χ2n) is 7.82. The first-order chi connectivity index (χ1) is 15.6. The number of carbonyl (C=O) groups excluding carboxylic acids is 2. The first kappa shape index (κ1) is 26.1. The summed E-state index contributed by atoms with van der Waals surface area (Å²) in [6.45, 7) is 2.72. The van der Waals surface area contributed by atoms with E-state index in [-0.39, 0.29) is 13.0 Å². The maximum Gasteiger partial charge on any atom is 0.408 e. The Labute approximate surface area is 192 Å². The highest BCUT2D eigenvalue weighted by atomic mass is 31.2. The Balaban J connectivity index is 2.10. The van der Waals surface area contributed by atoms with Crippen molar-refractivity contribution in [3.63, 3.8) is 0 Å². The molecule has 0 bridgehead atoms. The van der Waals surface area contributed by atoms with Crippen LogP contribution in [0.2, 0.25) is 0 Å². The maximum absolute atomic E-state index is 13.3. The molecule has 0 fully saturated rings. The molecule has 0 heterocycles. The van der Waals surface area contributed by atoms with Crippen molar-refractivity contribution in [3.8, 4) is 0 Å². The molecule has 4 N–H and O–H groups in total. The van der Waals surface area contributed by atoms with E-state index in [0.717, 1.165) is 11.1 Å². The van der Waals surface area contributed by atoms with Gasteiger partial charge in [0, 0.05) is 18.5 Å². The average Bonchev–Trinajstić information content (AvgIpc) is 2.78. The number of amides is 2. The molecule has 10 heteroatoms. The second-order valence-corrected chi connectivity index (χ2v) is 10.3. The standard InChI is InChI=1S/C23H29N2O7P/c1-16(21(26)24-17(2)22(27)28)15-33(30,31)20(13-18-9-5-3-6-10-18)25-23(29)32-14-19-11-7-4-8-12-19/h3-12,16-17,20H,13-15H2,1-2H3,(H,24,26)(H,25,29)(H,27,28)(H,30,31)/t16-,17+,20-/m1/s1. The molecule has 0 aliphatic heterocycles. The highest BCUT2D eigenvalue weighted by molar-refractivity contribution is 7.58. The highest BCUT2D eigenvalue weighted by Gasteiger charge is 2.36. The predicted molar refractivity (Wildman–Crippen MR) is 123 cm³/mol. The van der Waals surface area contributed by atoms with E-state index >= 15 is 0 Å². The number of nitrogens with one attached hydrogen (secondary N) is 2. The van der Waals surface area contributed by atoms with Crippen LogP contribution in [0.1, 0.15) is 25.0 Å². The molecular weight excluding hydrogens is 447 g/mol. The molecular formula is C23H29N2O7P. The molecule has 4 atom stereocenters. The molecule has 2 aromatic carbocycles. The normalized spacial score (nSPS) is 15.4. The third-order valence-electron chi connectivity index (χ3n) is 4.97. The third-order valence-corrected chi connectivity index (χ3v) is 7.32. The van der Waals surface area contributed by atoms with Crippen molar-refractivity contribution in [2.75, 3.05) is 6.16 Å². The molecule has 9 nitrogen and oxygen atoms in total. The first-order valence-corrected chi connectivity index (χ1v) is 12.4. The minimum Gasteiger partial charge on any atom is -0.480 e. The van der Waals surface area contributed by atoms with Crippen LogP contribution in [0.25, 0.3) is 0 Å². The number of carboxylic acids is 1. The predicted octanol–water partition coefficient (Wildman–Crippen LogP) is 2.98. The van der Waals surface area contributed by atoms with Crippen LogP contribution in [0.4, 0.5) is 4.79 Å². The van der Waals surface area contributed by atoms with Crippen molar-refractivity contribution in [1.82, 2.24) is 10.6 Å². The van der Waals surface area contributed by atoms with E-state index in [4.69, 9.17) is 9.84 Å². The van der Waals surface area contributed by atoms with Gasteiger partial charge in [0.15, 0.2) is 0 Å². The van der Waals surface area contributed by atoms with Gasteiger partial charge in [-0.05, 0) is 18.1 Å². The third kappa shape index (κ3) is 8.71. The topological polar surface area (TPSA) is 142 Å². The Morgan fingerprint density at radius 3 is 2.03 bits per heavy atom. The number of hydrogen-bond acceptors (Lipinski definition) is 5. The van der Waals surface area contributed by atoms with Crippen LogP contribution in [0, 0.1) is 5.92 Å². The number of alkyl carbamates (subject to hydrolysis) is 1. The molecule has 0 saturated heterocycles. The molecule has 0 aromatic heterocycles. The van der Waals surface area contributed by atoms with Gasteiger partial charge in [-0.1, -0.05) is 67.6 Å². The number of benzene rings is 2. The van der Waals surface area contributed by atoms with Crippen molar-refractivity contribution in [2.24, 2.45) is 5.92 Å². The molecule has 0 radical (unpaired) electrons. The van der Waals surface area contributed by atoms with Crippen molar-refractivity contribution >= 4 is 25.3 Å². The summed E-state index contributed by atoms with van der Waals surface area (Å²) >= 11 is 0. The van der Waals surface area contributed by atoms with Gasteiger partial charge in [-0.2, -0.15) is 0 Å². The van der Waals surface area contributed by atoms with Gasteiger partial charge in [-0.3, -0.25) is 14.2 Å². The molecule has 33 heavy (non-hydrogen) atoms. The largest absolute Gasteiger partial charge is 0.480 e. The lowest BCUT2D eigenvalue weighted by molar-refractivity contribution is -0.141. The van der Waals surface area contributed by atoms with Crippen LogP contribution >= 0.6 is 7.37 Å². The smallest absolute Gasteiger partial charge is 0.408 e. The van der Waals surface area contributed by atoms with Gasteiger partial charge >= 0.3 is 12.1 Å². The molecule has 2 rings (SSSR count). The minimum atomic E-state index is -4.11. The van der Waals surface area contributed by atoms with Gasteiger partial charge in [-0.15, -0.1) is 0 Å². The van der Waals surface area contributed by atoms with Crippen LogP contribution in [-0.2, 0) is 31.9 Å². The first-order valence-electron chi connectivity index (χ1n) is 10.4. The molecule has 2 aromatic rings. The van der Waals surface area contributed by atoms with Crippen LogP contribution < -0.4 is 10.6 Å². The molecule has 0 aliphatic carbocycles. The van der Waals surface area contributed by atoms with E-state index < -0.39 is 49.2 Å². The van der Waals surface area contributed by atoms with Crippen molar-refractivity contribution in [1.29, 1.82) is 0 Å². The Morgan fingerprint density at radius 1 is 0.939 bits per heavy atom. The monoisotopic (exact) mass is 476 g/mol. The Morgan fingerprint density at radius 2 is 1.48 bits per heavy atom. The molecule has 0 saturated carbocycles. The lowest BCUT2D eigenvalue weighted by atomic mass is 10.1. The molecule has 0 aliphatic rings. The summed E-state index contributed by atoms with van der Waals surface area (Å²) in [5.74, 6) is -4.03. The molecule has 0 spiro atoms. The average molecular weight is 476 g/mol. The fraction of sp³-hybridized carbons (Fsp3) is 0.348. The van der Waals surface area contributed by atoms with Gasteiger partial charge in [0.05, 0.1) is 0 Å². The van der Waals surface area contributed by atoms with E-state index in [1.807, 2.05) is 6.07 Å². The fourth-order valence-electron chi connectivity index (χ4n) is 3.05. The molecule has 178 valence electrons. The fourth-order valence-corrected chi connectivity index (χ4v) is 5.06. The van der Waals surface area contributed by atoms with E-state index in [9.17, 15) is 23.8 Å². The Hall–Kier alpha value is -3.16. The quantitative estimate of drug-likeness (QED) is 0.365. The van der Waals surface area contributed by atoms with Crippen LogP contribution in [0.5, 0.6) is 0 Å². The van der Waals surface area contributed by atoms with Gasteiger partial charge in [0.1, 0.15) is 18.4 Å². The SMILES string of the molecule is C[C@H](CP(=O)(O)[C@H](Cc1ccccc1)NC(=O)OCc1ccccc1)C(=O)N[C@@H](C)C(=O)O. The van der Waals surface area contributed by atoms with Crippen molar-refractivity contribution in [2.45, 2.75) is 38.7 Å². The summed E-state index contributed by atoms with van der Waals surface area (Å²) in [7, 11) is -4.11. The maximum atomic E-state index is 13.3. The number of hydrogen-bond donors (Lipinski definition) is 4. The zero-order chi connectivity index (χ0) is 24.4. The lowest BCUT2D eigenvalue weighted by Crippen LogP contribution is -2.43.